The largest absolute Gasteiger partial charge is 0.497 e. The molecule has 1 unspecified atom stereocenters. The van der Waals surface area contributed by atoms with Crippen molar-refractivity contribution in [1.82, 2.24) is 19.9 Å². The second kappa shape index (κ2) is 10.1. The van der Waals surface area contributed by atoms with E-state index in [2.05, 4.69) is 9.97 Å². The van der Waals surface area contributed by atoms with Gasteiger partial charge in [-0.05, 0) is 44.0 Å². The Bertz CT molecular complexity index is 1080. The number of hydrogen-bond donors (Lipinski definition) is 1. The average Bonchev–Trinajstić information content (AvgIpc) is 3.25. The molecule has 8 nitrogen and oxygen atoms in total. The van der Waals surface area contributed by atoms with Crippen LogP contribution in [0.1, 0.15) is 46.3 Å². The number of ether oxygens (including phenoxy) is 3. The molecule has 8 heteroatoms. The lowest BCUT2D eigenvalue weighted by Crippen LogP contribution is -2.39. The van der Waals surface area contributed by atoms with Crippen LogP contribution in [-0.2, 0) is 16.1 Å². The normalized spacial score (nSPS) is 16.5. The molecule has 0 aliphatic carbocycles. The van der Waals surface area contributed by atoms with E-state index < -0.39 is 0 Å². The van der Waals surface area contributed by atoms with Crippen molar-refractivity contribution in [2.45, 2.75) is 32.3 Å². The third-order valence-corrected chi connectivity index (χ3v) is 5.86. The van der Waals surface area contributed by atoms with E-state index in [1.807, 2.05) is 42.3 Å². The van der Waals surface area contributed by atoms with Crippen LogP contribution in [0.3, 0.4) is 0 Å². The van der Waals surface area contributed by atoms with Crippen LogP contribution < -0.4 is 4.74 Å². The predicted molar refractivity (Wildman–Crippen MR) is 121 cm³/mol. The third kappa shape index (κ3) is 4.92. The maximum atomic E-state index is 13.3. The molecule has 1 fully saturated rings. The molecule has 1 aromatic carbocycles. The quantitative estimate of drug-likeness (QED) is 0.542. The minimum absolute atomic E-state index is 0.00791. The van der Waals surface area contributed by atoms with Crippen LogP contribution in [0.25, 0.3) is 10.9 Å². The highest BCUT2D eigenvalue weighted by Crippen LogP contribution is 2.30. The summed E-state index contributed by atoms with van der Waals surface area (Å²) in [5.74, 6) is 1.66. The number of methoxy groups -OCH3 is 2. The Hall–Kier alpha value is -2.97. The van der Waals surface area contributed by atoms with Crippen LogP contribution in [-0.4, -0.2) is 66.3 Å². The molecule has 3 aromatic rings. The summed E-state index contributed by atoms with van der Waals surface area (Å²) in [5, 5.41) is 0.961. The maximum Gasteiger partial charge on any atom is 0.270 e. The SMILES string of the molecule is COCCOCc1cnc(C)nc1C1CCCN(C(=O)c2cc3cc(OC)ccc3[nH]2)C1. The number of piperidine rings is 1. The molecule has 1 amide bonds. The van der Waals surface area contributed by atoms with E-state index in [1.54, 1.807) is 14.2 Å². The number of fused-ring (bicyclic) bond motifs is 1. The van der Waals surface area contributed by atoms with Crippen LogP contribution in [0.2, 0.25) is 0 Å². The van der Waals surface area contributed by atoms with E-state index >= 15 is 0 Å². The summed E-state index contributed by atoms with van der Waals surface area (Å²) in [6.07, 6.45) is 3.75. The molecule has 1 aliphatic heterocycles. The molecule has 170 valence electrons. The Labute approximate surface area is 187 Å². The van der Waals surface area contributed by atoms with Crippen molar-refractivity contribution >= 4 is 16.8 Å². The first-order valence-corrected chi connectivity index (χ1v) is 10.9. The van der Waals surface area contributed by atoms with Gasteiger partial charge in [0.05, 0.1) is 32.6 Å². The Balaban J connectivity index is 1.51. The second-order valence-corrected chi connectivity index (χ2v) is 8.10. The molecule has 32 heavy (non-hydrogen) atoms. The number of aromatic nitrogens is 3. The van der Waals surface area contributed by atoms with E-state index in [0.29, 0.717) is 32.1 Å². The minimum atomic E-state index is 0.00791. The molecule has 0 bridgehead atoms. The number of rotatable bonds is 8. The topological polar surface area (TPSA) is 89.6 Å². The summed E-state index contributed by atoms with van der Waals surface area (Å²) in [4.78, 5) is 27.6. The maximum absolute atomic E-state index is 13.3. The number of aromatic amines is 1. The number of carbonyl (C=O) groups is 1. The van der Waals surface area contributed by atoms with Crippen molar-refractivity contribution in [3.05, 3.63) is 53.2 Å². The molecule has 1 atom stereocenters. The molecular weight excluding hydrogens is 408 g/mol. The number of H-pyrrole nitrogens is 1. The molecule has 4 rings (SSSR count). The van der Waals surface area contributed by atoms with E-state index in [9.17, 15) is 4.79 Å². The lowest BCUT2D eigenvalue weighted by molar-refractivity contribution is 0.0602. The van der Waals surface area contributed by atoms with Crippen molar-refractivity contribution in [2.75, 3.05) is 40.5 Å². The first-order valence-electron chi connectivity index (χ1n) is 10.9. The number of carbonyl (C=O) groups excluding carboxylic acids is 1. The summed E-state index contributed by atoms with van der Waals surface area (Å²) in [5.41, 5.74) is 3.47. The van der Waals surface area contributed by atoms with Gasteiger partial charge in [-0.1, -0.05) is 0 Å². The molecule has 1 N–H and O–H groups in total. The van der Waals surface area contributed by atoms with Crippen LogP contribution in [0.5, 0.6) is 5.75 Å². The Morgan fingerprint density at radius 2 is 2.12 bits per heavy atom. The van der Waals surface area contributed by atoms with Gasteiger partial charge in [0.2, 0.25) is 0 Å². The number of amides is 1. The van der Waals surface area contributed by atoms with Gasteiger partial charge in [-0.15, -0.1) is 0 Å². The molecule has 0 spiro atoms. The molecule has 0 radical (unpaired) electrons. The number of hydrogen-bond acceptors (Lipinski definition) is 6. The van der Waals surface area contributed by atoms with Gasteiger partial charge in [0.1, 0.15) is 17.3 Å². The number of likely N-dealkylation sites (tertiary alicyclic amines) is 1. The highest BCUT2D eigenvalue weighted by Gasteiger charge is 2.29. The summed E-state index contributed by atoms with van der Waals surface area (Å²) < 4.78 is 16.1. The predicted octanol–water partition coefficient (Wildman–Crippen LogP) is 3.46. The van der Waals surface area contributed by atoms with Gasteiger partial charge < -0.3 is 24.1 Å². The fourth-order valence-electron chi connectivity index (χ4n) is 4.21. The number of nitrogens with one attached hydrogen (secondary N) is 1. The lowest BCUT2D eigenvalue weighted by atomic mass is 9.92. The highest BCUT2D eigenvalue weighted by atomic mass is 16.5. The number of aryl methyl sites for hydroxylation is 1. The smallest absolute Gasteiger partial charge is 0.270 e. The number of benzene rings is 1. The highest BCUT2D eigenvalue weighted by molar-refractivity contribution is 5.98. The van der Waals surface area contributed by atoms with E-state index in [-0.39, 0.29) is 11.8 Å². The first kappa shape index (κ1) is 22.2. The zero-order chi connectivity index (χ0) is 22.5. The zero-order valence-electron chi connectivity index (χ0n) is 18.9. The first-order chi connectivity index (χ1) is 15.6. The monoisotopic (exact) mass is 438 g/mol. The van der Waals surface area contributed by atoms with Gasteiger partial charge in [0.25, 0.3) is 5.91 Å². The van der Waals surface area contributed by atoms with Crippen LogP contribution in [0.4, 0.5) is 0 Å². The number of nitrogens with zero attached hydrogens (tertiary/aromatic N) is 3. The Kier molecular flexibility index (Phi) is 7.02. The minimum Gasteiger partial charge on any atom is -0.497 e. The molecule has 0 saturated carbocycles. The van der Waals surface area contributed by atoms with Gasteiger partial charge in [0, 0.05) is 48.8 Å². The van der Waals surface area contributed by atoms with Crippen molar-refractivity contribution in [2.24, 2.45) is 0 Å². The lowest BCUT2D eigenvalue weighted by Gasteiger charge is -2.33. The standard InChI is InChI=1S/C24H30N4O4/c1-16-25-13-19(15-32-10-9-30-2)23(26-16)17-5-4-8-28(14-17)24(29)22-12-18-11-20(31-3)6-7-21(18)27-22/h6-7,11-13,17,27H,4-5,8-10,14-15H2,1-3H3. The fourth-order valence-corrected chi connectivity index (χ4v) is 4.21. The zero-order valence-corrected chi connectivity index (χ0v) is 18.9. The van der Waals surface area contributed by atoms with E-state index in [4.69, 9.17) is 19.2 Å². The van der Waals surface area contributed by atoms with Gasteiger partial charge >= 0.3 is 0 Å². The third-order valence-electron chi connectivity index (χ3n) is 5.86. The van der Waals surface area contributed by atoms with Crippen molar-refractivity contribution in [1.29, 1.82) is 0 Å². The van der Waals surface area contributed by atoms with Crippen LogP contribution >= 0.6 is 0 Å². The van der Waals surface area contributed by atoms with Gasteiger partial charge in [-0.3, -0.25) is 4.79 Å². The Morgan fingerprint density at radius 3 is 2.94 bits per heavy atom. The van der Waals surface area contributed by atoms with E-state index in [1.165, 1.54) is 0 Å². The van der Waals surface area contributed by atoms with Gasteiger partial charge in [0.15, 0.2) is 0 Å². The second-order valence-electron chi connectivity index (χ2n) is 8.10. The summed E-state index contributed by atoms with van der Waals surface area (Å²) in [6, 6.07) is 7.65. The molecule has 3 heterocycles. The van der Waals surface area contributed by atoms with Crippen LogP contribution in [0.15, 0.2) is 30.5 Å². The van der Waals surface area contributed by atoms with E-state index in [0.717, 1.165) is 53.1 Å². The summed E-state index contributed by atoms with van der Waals surface area (Å²) in [7, 11) is 3.29. The molecule has 1 saturated heterocycles. The van der Waals surface area contributed by atoms with Crippen molar-refractivity contribution in [3.63, 3.8) is 0 Å². The van der Waals surface area contributed by atoms with Gasteiger partial charge in [-0.25, -0.2) is 9.97 Å². The Morgan fingerprint density at radius 1 is 1.25 bits per heavy atom. The summed E-state index contributed by atoms with van der Waals surface area (Å²) >= 11 is 0. The van der Waals surface area contributed by atoms with Crippen LogP contribution in [0, 0.1) is 6.92 Å². The molecule has 2 aromatic heterocycles. The molecule has 1 aliphatic rings. The molecular formula is C24H30N4O4. The summed E-state index contributed by atoms with van der Waals surface area (Å²) in [6.45, 7) is 4.75. The van der Waals surface area contributed by atoms with Gasteiger partial charge in [-0.2, -0.15) is 0 Å². The van der Waals surface area contributed by atoms with Crippen molar-refractivity contribution in [3.8, 4) is 5.75 Å². The van der Waals surface area contributed by atoms with Crippen molar-refractivity contribution < 1.29 is 19.0 Å². The average molecular weight is 439 g/mol. The fraction of sp³-hybridized carbons (Fsp3) is 0.458.